The van der Waals surface area contributed by atoms with Gasteiger partial charge in [0.05, 0.1) is 29.8 Å². The topological polar surface area (TPSA) is 75.6 Å². The lowest BCUT2D eigenvalue weighted by Gasteiger charge is -2.21. The first-order chi connectivity index (χ1) is 9.51. The van der Waals surface area contributed by atoms with E-state index in [1.807, 2.05) is 0 Å². The van der Waals surface area contributed by atoms with Gasteiger partial charge in [-0.25, -0.2) is 13.1 Å². The third kappa shape index (κ3) is 2.37. The van der Waals surface area contributed by atoms with Crippen LogP contribution in [0.5, 0.6) is 0 Å². The zero-order valence-corrected chi connectivity index (χ0v) is 12.2. The molecular weight excluding hydrogens is 278 g/mol. The van der Waals surface area contributed by atoms with Crippen LogP contribution in [-0.2, 0) is 21.4 Å². The van der Waals surface area contributed by atoms with Crippen LogP contribution in [0, 0.1) is 6.92 Å². The standard InChI is InChI=1S/C14H19NO4S/c1-9-10(8-16)3-2-4-14(9)20(17,18)15-12-7-11-5-6-13(12)19-11/h2-4,11-13,15-16H,5-8H2,1H3. The first kappa shape index (κ1) is 14.0. The number of fused-ring (bicyclic) bond motifs is 2. The lowest BCUT2D eigenvalue weighted by atomic mass is 9.96. The molecule has 5 nitrogen and oxygen atoms in total. The summed E-state index contributed by atoms with van der Waals surface area (Å²) in [6.45, 7) is 1.56. The van der Waals surface area contributed by atoms with E-state index in [1.165, 1.54) is 0 Å². The molecule has 20 heavy (non-hydrogen) atoms. The van der Waals surface area contributed by atoms with Gasteiger partial charge in [0.25, 0.3) is 0 Å². The van der Waals surface area contributed by atoms with Crippen molar-refractivity contribution in [3.05, 3.63) is 29.3 Å². The zero-order valence-electron chi connectivity index (χ0n) is 11.4. The second kappa shape index (κ2) is 5.11. The number of aliphatic hydroxyl groups is 1. The Labute approximate surface area is 119 Å². The van der Waals surface area contributed by atoms with Crippen molar-refractivity contribution in [1.29, 1.82) is 0 Å². The van der Waals surface area contributed by atoms with Gasteiger partial charge in [0.1, 0.15) is 0 Å². The second-order valence-corrected chi connectivity index (χ2v) is 7.22. The molecule has 0 aromatic heterocycles. The molecule has 2 heterocycles. The minimum absolute atomic E-state index is 0.0103. The fraction of sp³-hybridized carbons (Fsp3) is 0.571. The van der Waals surface area contributed by atoms with Gasteiger partial charge in [-0.3, -0.25) is 0 Å². The van der Waals surface area contributed by atoms with Crippen LogP contribution in [0.15, 0.2) is 23.1 Å². The first-order valence-electron chi connectivity index (χ1n) is 6.88. The lowest BCUT2D eigenvalue weighted by molar-refractivity contribution is 0.0996. The van der Waals surface area contributed by atoms with Crippen LogP contribution in [0.2, 0.25) is 0 Å². The summed E-state index contributed by atoms with van der Waals surface area (Å²) in [4.78, 5) is 0.242. The molecule has 1 aromatic carbocycles. The number of sulfonamides is 1. The van der Waals surface area contributed by atoms with Gasteiger partial charge in [0, 0.05) is 0 Å². The Morgan fingerprint density at radius 3 is 2.80 bits per heavy atom. The molecule has 110 valence electrons. The van der Waals surface area contributed by atoms with E-state index in [0.717, 1.165) is 19.3 Å². The van der Waals surface area contributed by atoms with E-state index in [0.29, 0.717) is 11.1 Å². The molecule has 2 aliphatic heterocycles. The van der Waals surface area contributed by atoms with E-state index in [2.05, 4.69) is 4.72 Å². The fourth-order valence-corrected chi connectivity index (χ4v) is 4.71. The van der Waals surface area contributed by atoms with Crippen LogP contribution in [0.3, 0.4) is 0 Å². The van der Waals surface area contributed by atoms with Crippen LogP contribution >= 0.6 is 0 Å². The minimum atomic E-state index is -3.57. The Balaban J connectivity index is 1.85. The maximum absolute atomic E-state index is 12.5. The van der Waals surface area contributed by atoms with Gasteiger partial charge in [-0.2, -0.15) is 0 Å². The van der Waals surface area contributed by atoms with Crippen LogP contribution in [0.25, 0.3) is 0 Å². The molecule has 2 bridgehead atoms. The van der Waals surface area contributed by atoms with Gasteiger partial charge in [0.15, 0.2) is 0 Å². The van der Waals surface area contributed by atoms with Crippen molar-refractivity contribution in [2.75, 3.05) is 0 Å². The quantitative estimate of drug-likeness (QED) is 0.872. The van der Waals surface area contributed by atoms with E-state index in [9.17, 15) is 13.5 Å². The average molecular weight is 297 g/mol. The third-order valence-electron chi connectivity index (χ3n) is 4.27. The molecule has 2 N–H and O–H groups in total. The van der Waals surface area contributed by atoms with Crippen LogP contribution < -0.4 is 4.72 Å². The predicted octanol–water partition coefficient (Wildman–Crippen LogP) is 1.09. The number of nitrogens with one attached hydrogen (secondary N) is 1. The lowest BCUT2D eigenvalue weighted by Crippen LogP contribution is -2.41. The van der Waals surface area contributed by atoms with Crippen molar-refractivity contribution in [1.82, 2.24) is 4.72 Å². The highest BCUT2D eigenvalue weighted by Gasteiger charge is 2.42. The summed E-state index contributed by atoms with van der Waals surface area (Å²) in [5, 5.41) is 9.24. The number of rotatable bonds is 4. The van der Waals surface area contributed by atoms with Gasteiger partial charge in [-0.1, -0.05) is 12.1 Å². The van der Waals surface area contributed by atoms with E-state index < -0.39 is 10.0 Å². The SMILES string of the molecule is Cc1c(CO)cccc1S(=O)(=O)NC1CC2CCC1O2. The third-order valence-corrected chi connectivity index (χ3v) is 5.90. The van der Waals surface area contributed by atoms with Gasteiger partial charge in [0.2, 0.25) is 10.0 Å². The maximum Gasteiger partial charge on any atom is 0.241 e. The number of hydrogen-bond donors (Lipinski definition) is 2. The largest absolute Gasteiger partial charge is 0.392 e. The van der Waals surface area contributed by atoms with Gasteiger partial charge < -0.3 is 9.84 Å². The molecule has 0 radical (unpaired) electrons. The molecule has 3 unspecified atom stereocenters. The average Bonchev–Trinajstić information content (AvgIpc) is 3.00. The highest BCUT2D eigenvalue weighted by atomic mass is 32.2. The van der Waals surface area contributed by atoms with E-state index >= 15 is 0 Å². The van der Waals surface area contributed by atoms with E-state index in [-0.39, 0.29) is 29.8 Å². The Bertz CT molecular complexity index is 614. The summed E-state index contributed by atoms with van der Waals surface area (Å²) >= 11 is 0. The number of ether oxygens (including phenoxy) is 1. The summed E-state index contributed by atoms with van der Waals surface area (Å²) < 4.78 is 33.4. The van der Waals surface area contributed by atoms with Crippen LogP contribution in [-0.4, -0.2) is 31.8 Å². The molecule has 2 saturated heterocycles. The van der Waals surface area contributed by atoms with Crippen LogP contribution in [0.4, 0.5) is 0 Å². The predicted molar refractivity (Wildman–Crippen MR) is 73.7 cm³/mol. The molecule has 0 amide bonds. The smallest absolute Gasteiger partial charge is 0.241 e. The number of benzene rings is 1. The molecule has 2 aliphatic rings. The molecule has 0 spiro atoms. The summed E-state index contributed by atoms with van der Waals surface area (Å²) in [6.07, 6.45) is 2.92. The highest BCUT2D eigenvalue weighted by Crippen LogP contribution is 2.35. The van der Waals surface area contributed by atoms with Crippen molar-refractivity contribution in [2.24, 2.45) is 0 Å². The summed E-state index contributed by atoms with van der Waals surface area (Å²) in [6, 6.07) is 4.83. The zero-order chi connectivity index (χ0) is 14.3. The Morgan fingerprint density at radius 2 is 2.20 bits per heavy atom. The van der Waals surface area contributed by atoms with Gasteiger partial charge >= 0.3 is 0 Å². The van der Waals surface area contributed by atoms with Crippen molar-refractivity contribution >= 4 is 10.0 Å². The molecule has 1 aromatic rings. The van der Waals surface area contributed by atoms with E-state index in [1.54, 1.807) is 25.1 Å². The van der Waals surface area contributed by atoms with Gasteiger partial charge in [-0.05, 0) is 43.4 Å². The number of aliphatic hydroxyl groups excluding tert-OH is 1. The Hall–Kier alpha value is -0.950. The van der Waals surface area contributed by atoms with E-state index in [4.69, 9.17) is 4.74 Å². The highest BCUT2D eigenvalue weighted by molar-refractivity contribution is 7.89. The number of hydrogen-bond acceptors (Lipinski definition) is 4. The monoisotopic (exact) mass is 297 g/mol. The molecule has 3 rings (SSSR count). The molecule has 0 aliphatic carbocycles. The second-order valence-electron chi connectivity index (χ2n) is 5.54. The minimum Gasteiger partial charge on any atom is -0.392 e. The molecular formula is C14H19NO4S. The van der Waals surface area contributed by atoms with Crippen LogP contribution in [0.1, 0.15) is 30.4 Å². The van der Waals surface area contributed by atoms with Gasteiger partial charge in [-0.15, -0.1) is 0 Å². The molecule has 6 heteroatoms. The van der Waals surface area contributed by atoms with Crippen molar-refractivity contribution < 1.29 is 18.3 Å². The fourth-order valence-electron chi connectivity index (χ4n) is 3.15. The summed E-state index contributed by atoms with van der Waals surface area (Å²) in [5.74, 6) is 0. The van der Waals surface area contributed by atoms with Crippen molar-refractivity contribution in [3.8, 4) is 0 Å². The summed E-state index contributed by atoms with van der Waals surface area (Å²) in [7, 11) is -3.57. The molecule has 3 atom stereocenters. The Kier molecular flexibility index (Phi) is 3.58. The van der Waals surface area contributed by atoms with Crippen molar-refractivity contribution in [3.63, 3.8) is 0 Å². The van der Waals surface area contributed by atoms with Crippen molar-refractivity contribution in [2.45, 2.75) is 55.9 Å². The molecule has 2 fully saturated rings. The first-order valence-corrected chi connectivity index (χ1v) is 8.36. The molecule has 0 saturated carbocycles. The Morgan fingerprint density at radius 1 is 1.40 bits per heavy atom. The normalized spacial score (nSPS) is 29.0. The summed E-state index contributed by atoms with van der Waals surface area (Å²) in [5.41, 5.74) is 1.24. The maximum atomic E-state index is 12.5.